The molecule has 1 aliphatic rings. The van der Waals surface area contributed by atoms with Gasteiger partial charge in [-0.1, -0.05) is 53.6 Å². The van der Waals surface area contributed by atoms with E-state index in [-0.39, 0.29) is 24.1 Å². The molecule has 0 N–H and O–H groups in total. The molecule has 0 saturated heterocycles. The maximum Gasteiger partial charge on any atom is 0.135 e. The minimum absolute atomic E-state index is 0.0353. The number of aliphatic imine (C=N–C) groups is 1. The van der Waals surface area contributed by atoms with Crippen LogP contribution >= 0.6 is 23.2 Å². The van der Waals surface area contributed by atoms with Crippen LogP contribution in [0.25, 0.3) is 0 Å². The van der Waals surface area contributed by atoms with Gasteiger partial charge in [0.15, 0.2) is 0 Å². The van der Waals surface area contributed by atoms with Crippen molar-refractivity contribution in [2.75, 3.05) is 20.0 Å². The number of aldehydes is 1. The molecule has 0 bridgehead atoms. The standard InChI is InChI=1S/C27H29ClN2O2.C2H3ClO/c1-17(2)32-24-16-22(31-5)14-15-23(24)27-29-25(19-8-6-18(3)7-9-19)26(30(27)4)20-10-12-21(28)13-11-20;3-1-2-4/h6-17,25-26H,1-5H3;2H,1H2. The summed E-state index contributed by atoms with van der Waals surface area (Å²) >= 11 is 11.0. The number of nitrogens with zero attached hydrogens (tertiary/aromatic N) is 2. The highest BCUT2D eigenvalue weighted by Gasteiger charge is 2.37. The second kappa shape index (κ2) is 12.8. The number of alkyl halides is 1. The molecule has 190 valence electrons. The molecule has 4 rings (SSSR count). The summed E-state index contributed by atoms with van der Waals surface area (Å²) in [6.45, 7) is 6.15. The fourth-order valence-electron chi connectivity index (χ4n) is 4.15. The minimum atomic E-state index is -0.0502. The van der Waals surface area contributed by atoms with E-state index in [0.717, 1.165) is 27.9 Å². The molecular formula is C29H32Cl2N2O3. The predicted molar refractivity (Wildman–Crippen MR) is 148 cm³/mol. The minimum Gasteiger partial charge on any atom is -0.497 e. The molecule has 5 nitrogen and oxygen atoms in total. The summed E-state index contributed by atoms with van der Waals surface area (Å²) in [6.07, 6.45) is 0.676. The molecule has 0 aliphatic carbocycles. The topological polar surface area (TPSA) is 51.1 Å². The zero-order valence-electron chi connectivity index (χ0n) is 21.2. The van der Waals surface area contributed by atoms with E-state index in [0.29, 0.717) is 6.29 Å². The molecule has 7 heteroatoms. The van der Waals surface area contributed by atoms with Crippen molar-refractivity contribution in [2.24, 2.45) is 4.99 Å². The highest BCUT2D eigenvalue weighted by molar-refractivity contribution is 6.30. The summed E-state index contributed by atoms with van der Waals surface area (Å²) in [6, 6.07) is 22.6. The number of hydrogen-bond acceptors (Lipinski definition) is 5. The third kappa shape index (κ3) is 6.59. The number of aryl methyl sites for hydroxylation is 1. The van der Waals surface area contributed by atoms with Crippen molar-refractivity contribution in [3.8, 4) is 11.5 Å². The van der Waals surface area contributed by atoms with E-state index in [2.05, 4.69) is 55.3 Å². The first-order valence-corrected chi connectivity index (χ1v) is 12.7. The number of hydrogen-bond donors (Lipinski definition) is 0. The first-order valence-electron chi connectivity index (χ1n) is 11.8. The van der Waals surface area contributed by atoms with Crippen LogP contribution in [-0.2, 0) is 4.79 Å². The summed E-state index contributed by atoms with van der Waals surface area (Å²) < 4.78 is 11.6. The zero-order valence-corrected chi connectivity index (χ0v) is 22.8. The van der Waals surface area contributed by atoms with Crippen LogP contribution in [0.15, 0.2) is 71.7 Å². The van der Waals surface area contributed by atoms with Crippen molar-refractivity contribution in [3.05, 3.63) is 94.0 Å². The summed E-state index contributed by atoms with van der Waals surface area (Å²) in [7, 11) is 3.76. The Morgan fingerprint density at radius 3 is 2.19 bits per heavy atom. The lowest BCUT2D eigenvalue weighted by atomic mass is 9.93. The highest BCUT2D eigenvalue weighted by Crippen LogP contribution is 2.44. The van der Waals surface area contributed by atoms with Crippen molar-refractivity contribution < 1.29 is 14.3 Å². The molecule has 2 unspecified atom stereocenters. The van der Waals surface area contributed by atoms with Crippen LogP contribution in [0.2, 0.25) is 5.02 Å². The van der Waals surface area contributed by atoms with E-state index in [1.165, 1.54) is 16.7 Å². The molecule has 0 amide bonds. The Morgan fingerprint density at radius 1 is 1.03 bits per heavy atom. The van der Waals surface area contributed by atoms with Crippen molar-refractivity contribution in [3.63, 3.8) is 0 Å². The van der Waals surface area contributed by atoms with E-state index in [1.807, 2.05) is 44.2 Å². The summed E-state index contributed by atoms with van der Waals surface area (Å²) in [5.41, 5.74) is 4.53. The van der Waals surface area contributed by atoms with E-state index < -0.39 is 0 Å². The van der Waals surface area contributed by atoms with E-state index in [4.69, 9.17) is 42.5 Å². The Hall–Kier alpha value is -3.02. The Labute approximate surface area is 223 Å². The van der Waals surface area contributed by atoms with Crippen LogP contribution in [-0.4, -0.2) is 43.2 Å². The second-order valence-electron chi connectivity index (χ2n) is 8.77. The molecule has 0 spiro atoms. The SMILES string of the molecule is COc1ccc(C2=NC(c3ccc(C)cc3)C(c3ccc(Cl)cc3)N2C)c(OC(C)C)c1.O=CCCl. The molecule has 0 aromatic heterocycles. The molecule has 0 fully saturated rings. The van der Waals surface area contributed by atoms with Gasteiger partial charge in [-0.2, -0.15) is 0 Å². The number of carbonyl (C=O) groups excluding carboxylic acids is 1. The first-order chi connectivity index (χ1) is 17.3. The molecule has 1 aliphatic heterocycles. The van der Waals surface area contributed by atoms with Crippen molar-refractivity contribution in [1.29, 1.82) is 0 Å². The lowest BCUT2D eigenvalue weighted by molar-refractivity contribution is -0.105. The lowest BCUT2D eigenvalue weighted by Crippen LogP contribution is -2.28. The van der Waals surface area contributed by atoms with Gasteiger partial charge < -0.3 is 19.2 Å². The van der Waals surface area contributed by atoms with Crippen LogP contribution in [0.1, 0.15) is 48.2 Å². The van der Waals surface area contributed by atoms with E-state index in [9.17, 15) is 0 Å². The number of benzene rings is 3. The monoisotopic (exact) mass is 526 g/mol. The smallest absolute Gasteiger partial charge is 0.135 e. The average Bonchev–Trinajstić information content (AvgIpc) is 3.21. The fraction of sp³-hybridized carbons (Fsp3) is 0.310. The van der Waals surface area contributed by atoms with Crippen molar-refractivity contribution in [2.45, 2.75) is 39.0 Å². The maximum atomic E-state index is 9.04. The molecule has 1 heterocycles. The van der Waals surface area contributed by atoms with Gasteiger partial charge in [-0.05, 0) is 56.2 Å². The van der Waals surface area contributed by atoms with Crippen LogP contribution < -0.4 is 9.47 Å². The molecule has 3 aromatic carbocycles. The first kappa shape index (κ1) is 27.6. The molecule has 0 saturated carbocycles. The molecular weight excluding hydrogens is 495 g/mol. The van der Waals surface area contributed by atoms with Gasteiger partial charge in [0.1, 0.15) is 29.7 Å². The van der Waals surface area contributed by atoms with Gasteiger partial charge >= 0.3 is 0 Å². The van der Waals surface area contributed by atoms with Crippen molar-refractivity contribution >= 4 is 35.3 Å². The van der Waals surface area contributed by atoms with Gasteiger partial charge in [-0.15, -0.1) is 11.6 Å². The third-order valence-corrected chi connectivity index (χ3v) is 6.18. The number of methoxy groups -OCH3 is 1. The number of carbonyl (C=O) groups is 1. The number of likely N-dealkylation sites (N-methyl/N-ethyl adjacent to an activating group) is 1. The van der Waals surface area contributed by atoms with Crippen molar-refractivity contribution in [1.82, 2.24) is 4.90 Å². The van der Waals surface area contributed by atoms with Gasteiger partial charge in [0.25, 0.3) is 0 Å². The highest BCUT2D eigenvalue weighted by atomic mass is 35.5. The lowest BCUT2D eigenvalue weighted by Gasteiger charge is -2.28. The number of halogens is 2. The summed E-state index contributed by atoms with van der Waals surface area (Å²) in [5.74, 6) is 2.54. The van der Waals surface area contributed by atoms with Crippen LogP contribution in [0.3, 0.4) is 0 Å². The van der Waals surface area contributed by atoms with Gasteiger partial charge in [-0.25, -0.2) is 0 Å². The Kier molecular flexibility index (Phi) is 9.80. The average molecular weight is 527 g/mol. The third-order valence-electron chi connectivity index (χ3n) is 5.80. The Bertz CT molecular complexity index is 1180. The van der Waals surface area contributed by atoms with Crippen LogP contribution in [0.5, 0.6) is 11.5 Å². The van der Waals surface area contributed by atoms with Gasteiger partial charge in [0.2, 0.25) is 0 Å². The normalized spacial score (nSPS) is 16.8. The molecule has 2 atom stereocenters. The quantitative estimate of drug-likeness (QED) is 0.244. The van der Waals surface area contributed by atoms with Gasteiger partial charge in [0.05, 0.1) is 30.7 Å². The van der Waals surface area contributed by atoms with Gasteiger partial charge in [-0.3, -0.25) is 4.99 Å². The zero-order chi connectivity index (χ0) is 26.2. The second-order valence-corrected chi connectivity index (χ2v) is 9.51. The number of ether oxygens (including phenoxy) is 2. The predicted octanol–water partition coefficient (Wildman–Crippen LogP) is 7.04. The molecule has 0 radical (unpaired) electrons. The maximum absolute atomic E-state index is 9.04. The summed E-state index contributed by atoms with van der Waals surface area (Å²) in [5, 5.41) is 0.727. The van der Waals surface area contributed by atoms with Crippen LogP contribution in [0.4, 0.5) is 0 Å². The van der Waals surface area contributed by atoms with Gasteiger partial charge in [0, 0.05) is 18.1 Å². The molecule has 36 heavy (non-hydrogen) atoms. The van der Waals surface area contributed by atoms with Crippen LogP contribution in [0, 0.1) is 6.92 Å². The largest absolute Gasteiger partial charge is 0.497 e. The van der Waals surface area contributed by atoms with E-state index >= 15 is 0 Å². The molecule has 3 aromatic rings. The fourth-order valence-corrected chi connectivity index (χ4v) is 4.27. The summed E-state index contributed by atoms with van der Waals surface area (Å²) in [4.78, 5) is 16.5. The number of amidine groups is 1. The Morgan fingerprint density at radius 2 is 1.64 bits per heavy atom. The number of rotatable bonds is 7. The Balaban J connectivity index is 0.000000840. The van der Waals surface area contributed by atoms with E-state index in [1.54, 1.807) is 7.11 Å².